The summed E-state index contributed by atoms with van der Waals surface area (Å²) in [5.74, 6) is 0.702. The van der Waals surface area contributed by atoms with Crippen LogP contribution in [0.3, 0.4) is 0 Å². The summed E-state index contributed by atoms with van der Waals surface area (Å²) < 4.78 is 32.4. The monoisotopic (exact) mass is 553 g/mol. The molecule has 0 atom stereocenters. The first kappa shape index (κ1) is 34.7. The van der Waals surface area contributed by atoms with Gasteiger partial charge in [-0.3, -0.25) is 4.79 Å². The van der Waals surface area contributed by atoms with Gasteiger partial charge in [-0.25, -0.2) is 4.79 Å². The van der Waals surface area contributed by atoms with Crippen LogP contribution in [-0.4, -0.2) is 77.6 Å². The zero-order valence-corrected chi connectivity index (χ0v) is 24.6. The first-order valence-corrected chi connectivity index (χ1v) is 14.3. The molecule has 0 saturated heterocycles. The molecule has 0 heterocycles. The summed E-state index contributed by atoms with van der Waals surface area (Å²) in [4.78, 5) is 22.7. The van der Waals surface area contributed by atoms with Crippen LogP contribution in [0.1, 0.15) is 77.7 Å². The number of esters is 1. The van der Waals surface area contributed by atoms with Crippen molar-refractivity contribution in [2.45, 2.75) is 84.2 Å². The normalized spacial score (nSPS) is 11.3. The molecule has 0 bridgehead atoms. The van der Waals surface area contributed by atoms with Crippen molar-refractivity contribution in [1.82, 2.24) is 5.32 Å². The van der Waals surface area contributed by atoms with E-state index in [-0.39, 0.29) is 5.97 Å². The molecule has 39 heavy (non-hydrogen) atoms. The molecule has 0 radical (unpaired) electrons. The van der Waals surface area contributed by atoms with E-state index in [1.54, 1.807) is 0 Å². The van der Waals surface area contributed by atoms with E-state index in [1.165, 1.54) is 7.11 Å². The van der Waals surface area contributed by atoms with E-state index in [0.717, 1.165) is 69.3 Å². The smallest absolute Gasteiger partial charge is 0.407 e. The quantitative estimate of drug-likeness (QED) is 0.141. The Morgan fingerprint density at radius 2 is 1.36 bits per heavy atom. The Balaban J connectivity index is 1.88. The number of hydrogen-bond donors (Lipinski definition) is 1. The highest BCUT2D eigenvalue weighted by atomic mass is 16.6. The van der Waals surface area contributed by atoms with Crippen molar-refractivity contribution in [3.63, 3.8) is 0 Å². The molecule has 0 aliphatic rings. The number of rotatable bonds is 23. The first-order chi connectivity index (χ1) is 18.8. The summed E-state index contributed by atoms with van der Waals surface area (Å²) in [6, 6.07) is 7.99. The van der Waals surface area contributed by atoms with E-state index < -0.39 is 11.7 Å². The van der Waals surface area contributed by atoms with Crippen LogP contribution >= 0.6 is 0 Å². The third-order valence-corrected chi connectivity index (χ3v) is 5.57. The molecular weight excluding hydrogens is 502 g/mol. The van der Waals surface area contributed by atoms with Crippen LogP contribution in [0.25, 0.3) is 0 Å². The molecule has 0 spiro atoms. The van der Waals surface area contributed by atoms with Gasteiger partial charge in [0.25, 0.3) is 0 Å². The van der Waals surface area contributed by atoms with E-state index in [4.69, 9.17) is 23.7 Å². The van der Waals surface area contributed by atoms with Crippen LogP contribution in [0, 0.1) is 0 Å². The number of nitrogens with one attached hydrogen (secondary N) is 1. The summed E-state index contributed by atoms with van der Waals surface area (Å²) in [6.07, 6.45) is 7.77. The fraction of sp³-hybridized carbons (Fsp3) is 0.733. The molecule has 0 fully saturated rings. The topological polar surface area (TPSA) is 102 Å². The Morgan fingerprint density at radius 3 is 1.97 bits per heavy atom. The highest BCUT2D eigenvalue weighted by molar-refractivity contribution is 5.69. The van der Waals surface area contributed by atoms with Crippen molar-refractivity contribution in [1.29, 1.82) is 0 Å². The number of carbonyl (C=O) groups is 2. The number of benzene rings is 1. The number of unbranched alkanes of at least 4 members (excludes halogenated alkanes) is 5. The fourth-order valence-corrected chi connectivity index (χ4v) is 3.56. The fourth-order valence-electron chi connectivity index (χ4n) is 3.56. The summed E-state index contributed by atoms with van der Waals surface area (Å²) in [5.41, 5.74) is 0.619. The molecule has 0 saturated carbocycles. The van der Waals surface area contributed by atoms with Crippen molar-refractivity contribution in [2.75, 3.05) is 59.9 Å². The second-order valence-electron chi connectivity index (χ2n) is 10.3. The number of methoxy groups -OCH3 is 1. The number of ether oxygens (including phenoxy) is 6. The van der Waals surface area contributed by atoms with Crippen LogP contribution in [-0.2, 0) is 34.9 Å². The number of hydrogen-bond acceptors (Lipinski definition) is 8. The molecule has 1 amide bonds. The van der Waals surface area contributed by atoms with E-state index in [0.29, 0.717) is 52.6 Å². The van der Waals surface area contributed by atoms with Crippen molar-refractivity contribution in [3.05, 3.63) is 29.8 Å². The van der Waals surface area contributed by atoms with Gasteiger partial charge in [-0.05, 0) is 77.0 Å². The van der Waals surface area contributed by atoms with E-state index in [9.17, 15) is 9.59 Å². The highest BCUT2D eigenvalue weighted by Gasteiger charge is 2.15. The highest BCUT2D eigenvalue weighted by Crippen LogP contribution is 2.15. The lowest BCUT2D eigenvalue weighted by Gasteiger charge is -2.19. The van der Waals surface area contributed by atoms with Crippen molar-refractivity contribution >= 4 is 12.1 Å². The molecule has 1 N–H and O–H groups in total. The number of carbonyl (C=O) groups excluding carboxylic acids is 2. The zero-order chi connectivity index (χ0) is 28.6. The Labute approximate surface area is 235 Å². The van der Waals surface area contributed by atoms with Crippen molar-refractivity contribution in [3.8, 4) is 5.75 Å². The third-order valence-electron chi connectivity index (χ3n) is 5.57. The Bertz CT molecular complexity index is 766. The molecule has 0 aliphatic heterocycles. The molecule has 9 heteroatoms. The van der Waals surface area contributed by atoms with Crippen LogP contribution < -0.4 is 10.1 Å². The van der Waals surface area contributed by atoms with Gasteiger partial charge in [-0.15, -0.1) is 0 Å². The summed E-state index contributed by atoms with van der Waals surface area (Å²) in [7, 11) is 1.41. The molecular formula is C30H51NO8. The van der Waals surface area contributed by atoms with Gasteiger partial charge < -0.3 is 33.7 Å². The molecule has 0 aliphatic carbocycles. The maximum absolute atomic E-state index is 11.7. The second kappa shape index (κ2) is 22.5. The van der Waals surface area contributed by atoms with Gasteiger partial charge in [0.05, 0.1) is 40.1 Å². The minimum Gasteiger partial charge on any atom is -0.494 e. The van der Waals surface area contributed by atoms with Gasteiger partial charge >= 0.3 is 12.1 Å². The predicted octanol–water partition coefficient (Wildman–Crippen LogP) is 5.48. The molecule has 1 aromatic rings. The molecule has 1 rings (SSSR count). The van der Waals surface area contributed by atoms with Gasteiger partial charge in [0.1, 0.15) is 11.4 Å². The Kier molecular flexibility index (Phi) is 20.0. The maximum atomic E-state index is 11.7. The van der Waals surface area contributed by atoms with Crippen LogP contribution in [0.15, 0.2) is 24.3 Å². The Morgan fingerprint density at radius 1 is 0.769 bits per heavy atom. The van der Waals surface area contributed by atoms with Gasteiger partial charge in [0.15, 0.2) is 0 Å². The number of amides is 1. The van der Waals surface area contributed by atoms with Crippen molar-refractivity contribution < 1.29 is 38.0 Å². The first-order valence-electron chi connectivity index (χ1n) is 14.3. The zero-order valence-electron chi connectivity index (χ0n) is 24.6. The molecule has 1 aromatic carbocycles. The maximum Gasteiger partial charge on any atom is 0.407 e. The predicted molar refractivity (Wildman–Crippen MR) is 151 cm³/mol. The van der Waals surface area contributed by atoms with Crippen molar-refractivity contribution in [2.24, 2.45) is 0 Å². The van der Waals surface area contributed by atoms with Crippen LogP contribution in [0.5, 0.6) is 5.75 Å². The van der Waals surface area contributed by atoms with Gasteiger partial charge in [0, 0.05) is 26.2 Å². The summed E-state index contributed by atoms with van der Waals surface area (Å²) in [5, 5.41) is 2.78. The third kappa shape index (κ3) is 22.2. The molecule has 0 aromatic heterocycles. The van der Waals surface area contributed by atoms with Crippen LogP contribution in [0.2, 0.25) is 0 Å². The van der Waals surface area contributed by atoms with Gasteiger partial charge in [0.2, 0.25) is 0 Å². The van der Waals surface area contributed by atoms with E-state index in [2.05, 4.69) is 10.1 Å². The summed E-state index contributed by atoms with van der Waals surface area (Å²) >= 11 is 0. The lowest BCUT2D eigenvalue weighted by Crippen LogP contribution is -2.33. The standard InChI is InChI=1S/C30H51NO8/c1-30(2,3)39-29(33)31-17-16-26-13-12-14-27(25-26)38-20-11-6-5-9-18-35-21-23-37-24-22-36-19-10-7-8-15-28(32)34-4/h12-14,25H,5-11,15-24H2,1-4H3,(H,31,33). The minimum absolute atomic E-state index is 0.153. The van der Waals surface area contributed by atoms with Crippen LogP contribution in [0.4, 0.5) is 4.79 Å². The largest absolute Gasteiger partial charge is 0.494 e. The summed E-state index contributed by atoms with van der Waals surface area (Å²) in [6.45, 7) is 10.5. The molecule has 224 valence electrons. The second-order valence-corrected chi connectivity index (χ2v) is 10.3. The van der Waals surface area contributed by atoms with Gasteiger partial charge in [-0.1, -0.05) is 25.0 Å². The lowest BCUT2D eigenvalue weighted by atomic mass is 10.1. The average molecular weight is 554 g/mol. The molecule has 9 nitrogen and oxygen atoms in total. The number of alkyl carbamates (subject to hydrolysis) is 1. The minimum atomic E-state index is -0.493. The van der Waals surface area contributed by atoms with E-state index in [1.807, 2.05) is 45.0 Å². The SMILES string of the molecule is COC(=O)CCCCCOCCOCCOCCCCCCOc1cccc(CCNC(=O)OC(C)(C)C)c1. The average Bonchev–Trinajstić information content (AvgIpc) is 2.89. The van der Waals surface area contributed by atoms with E-state index >= 15 is 0 Å². The van der Waals surface area contributed by atoms with Gasteiger partial charge in [-0.2, -0.15) is 0 Å². The molecule has 0 unspecified atom stereocenters. The Hall–Kier alpha value is -2.36. The lowest BCUT2D eigenvalue weighted by molar-refractivity contribution is -0.140.